The van der Waals surface area contributed by atoms with E-state index in [9.17, 15) is 0 Å². The summed E-state index contributed by atoms with van der Waals surface area (Å²) in [6.07, 6.45) is 3.71. The van der Waals surface area contributed by atoms with Gasteiger partial charge in [0.1, 0.15) is 0 Å². The Morgan fingerprint density at radius 3 is 2.78 bits per heavy atom. The molecule has 0 bridgehead atoms. The van der Waals surface area contributed by atoms with E-state index in [4.69, 9.17) is 5.73 Å². The van der Waals surface area contributed by atoms with E-state index in [0.717, 1.165) is 0 Å². The minimum atomic E-state index is 0.183. The van der Waals surface area contributed by atoms with Crippen molar-refractivity contribution in [2.75, 3.05) is 0 Å². The second kappa shape index (κ2) is 2.31. The highest BCUT2D eigenvalue weighted by Crippen LogP contribution is 2.11. The van der Waals surface area contributed by atoms with E-state index in [-0.39, 0.29) is 6.04 Å². The van der Waals surface area contributed by atoms with Crippen molar-refractivity contribution in [2.24, 2.45) is 16.6 Å². The van der Waals surface area contributed by atoms with Crippen LogP contribution in [0.25, 0.3) is 0 Å². The number of aliphatic imine (C=N–C) groups is 1. The monoisotopic (exact) mass is 124 g/mol. The molecule has 50 valence electrons. The van der Waals surface area contributed by atoms with E-state index in [0.29, 0.717) is 5.92 Å². The highest BCUT2D eigenvalue weighted by atomic mass is 14.8. The Morgan fingerprint density at radius 2 is 2.33 bits per heavy atom. The van der Waals surface area contributed by atoms with Crippen LogP contribution in [0.5, 0.6) is 0 Å². The molecule has 9 heavy (non-hydrogen) atoms. The predicted molar refractivity (Wildman–Crippen MR) is 39.4 cm³/mol. The Balaban J connectivity index is 2.73. The Bertz CT molecular complexity index is 158. The van der Waals surface area contributed by atoms with Crippen LogP contribution in [-0.2, 0) is 0 Å². The minimum Gasteiger partial charge on any atom is -0.324 e. The van der Waals surface area contributed by atoms with Crippen LogP contribution in [0.3, 0.4) is 0 Å². The summed E-state index contributed by atoms with van der Waals surface area (Å²) in [5.41, 5.74) is 6.93. The molecule has 0 spiro atoms. The number of rotatable bonds is 0. The fraction of sp³-hybridized carbons (Fsp3) is 0.571. The average molecular weight is 124 g/mol. The molecule has 1 aliphatic rings. The molecule has 2 unspecified atom stereocenters. The van der Waals surface area contributed by atoms with Crippen LogP contribution in [0.1, 0.15) is 13.8 Å². The lowest BCUT2D eigenvalue weighted by Gasteiger charge is -2.18. The molecule has 2 heteroatoms. The fourth-order valence-corrected chi connectivity index (χ4v) is 0.890. The lowest BCUT2D eigenvalue weighted by Crippen LogP contribution is -2.31. The second-order valence-electron chi connectivity index (χ2n) is 2.56. The topological polar surface area (TPSA) is 38.4 Å². The number of nitrogens with zero attached hydrogens (tertiary/aromatic N) is 1. The molecule has 0 radical (unpaired) electrons. The third-order valence-corrected chi connectivity index (χ3v) is 1.69. The predicted octanol–water partition coefficient (Wildman–Crippen LogP) is 0.938. The third-order valence-electron chi connectivity index (χ3n) is 1.69. The number of nitrogens with two attached hydrogens (primary N) is 1. The molecule has 2 nitrogen and oxygen atoms in total. The first-order valence-corrected chi connectivity index (χ1v) is 3.17. The molecule has 2 N–H and O–H groups in total. The van der Waals surface area contributed by atoms with Gasteiger partial charge in [0.15, 0.2) is 0 Å². The van der Waals surface area contributed by atoms with Crippen molar-refractivity contribution in [3.63, 3.8) is 0 Å². The zero-order valence-electron chi connectivity index (χ0n) is 5.83. The fourth-order valence-electron chi connectivity index (χ4n) is 0.890. The van der Waals surface area contributed by atoms with Gasteiger partial charge in [0.05, 0.1) is 0 Å². The lowest BCUT2D eigenvalue weighted by molar-refractivity contribution is 0.635. The van der Waals surface area contributed by atoms with Crippen LogP contribution < -0.4 is 5.73 Å². The Hall–Kier alpha value is -0.630. The van der Waals surface area contributed by atoms with Crippen molar-refractivity contribution in [3.05, 3.63) is 11.8 Å². The molecule has 1 heterocycles. The van der Waals surface area contributed by atoms with E-state index in [1.54, 1.807) is 0 Å². The minimum absolute atomic E-state index is 0.183. The molecular formula is C7H12N2. The maximum atomic E-state index is 5.76. The van der Waals surface area contributed by atoms with Crippen LogP contribution >= 0.6 is 0 Å². The molecule has 0 fully saturated rings. The molecule has 0 saturated heterocycles. The van der Waals surface area contributed by atoms with Crippen molar-refractivity contribution in [2.45, 2.75) is 19.9 Å². The van der Waals surface area contributed by atoms with Crippen LogP contribution in [0.4, 0.5) is 0 Å². The average Bonchev–Trinajstić information content (AvgIpc) is 1.83. The molecule has 1 rings (SSSR count). The van der Waals surface area contributed by atoms with E-state index >= 15 is 0 Å². The van der Waals surface area contributed by atoms with Gasteiger partial charge in [0.2, 0.25) is 0 Å². The smallest absolute Gasteiger partial charge is 0.0345 e. The molecule has 1 aliphatic heterocycles. The van der Waals surface area contributed by atoms with Gasteiger partial charge in [-0.05, 0) is 12.5 Å². The van der Waals surface area contributed by atoms with Crippen molar-refractivity contribution in [1.29, 1.82) is 0 Å². The van der Waals surface area contributed by atoms with Gasteiger partial charge in [0, 0.05) is 24.4 Å². The molecule has 0 aromatic heterocycles. The quantitative estimate of drug-likeness (QED) is 0.512. The number of hydrogen-bond donors (Lipinski definition) is 1. The van der Waals surface area contributed by atoms with Crippen molar-refractivity contribution < 1.29 is 0 Å². The molecule has 0 aliphatic carbocycles. The third kappa shape index (κ3) is 1.19. The van der Waals surface area contributed by atoms with Gasteiger partial charge >= 0.3 is 0 Å². The first-order chi connectivity index (χ1) is 4.22. The SMILES string of the molecule is CC1=CN=CC(C)C1N. The van der Waals surface area contributed by atoms with Gasteiger partial charge in [0.25, 0.3) is 0 Å². The van der Waals surface area contributed by atoms with Gasteiger partial charge in [-0.3, -0.25) is 4.99 Å². The van der Waals surface area contributed by atoms with E-state index < -0.39 is 0 Å². The van der Waals surface area contributed by atoms with Crippen molar-refractivity contribution in [1.82, 2.24) is 0 Å². The normalized spacial score (nSPS) is 34.3. The Morgan fingerprint density at radius 1 is 1.67 bits per heavy atom. The van der Waals surface area contributed by atoms with Gasteiger partial charge in [-0.15, -0.1) is 0 Å². The second-order valence-corrected chi connectivity index (χ2v) is 2.56. The first-order valence-electron chi connectivity index (χ1n) is 3.17. The zero-order valence-corrected chi connectivity index (χ0v) is 5.83. The summed E-state index contributed by atoms with van der Waals surface area (Å²) >= 11 is 0. The molecule has 0 aromatic carbocycles. The highest BCUT2D eigenvalue weighted by molar-refractivity contribution is 5.64. The summed E-state index contributed by atoms with van der Waals surface area (Å²) in [5, 5.41) is 0. The molecular weight excluding hydrogens is 112 g/mol. The van der Waals surface area contributed by atoms with Crippen molar-refractivity contribution in [3.8, 4) is 0 Å². The largest absolute Gasteiger partial charge is 0.324 e. The van der Waals surface area contributed by atoms with Gasteiger partial charge in [-0.2, -0.15) is 0 Å². The Kier molecular flexibility index (Phi) is 1.67. The van der Waals surface area contributed by atoms with E-state index in [1.165, 1.54) is 5.57 Å². The van der Waals surface area contributed by atoms with Gasteiger partial charge in [-0.25, -0.2) is 0 Å². The maximum Gasteiger partial charge on any atom is 0.0345 e. The van der Waals surface area contributed by atoms with Crippen molar-refractivity contribution >= 4 is 6.21 Å². The summed E-state index contributed by atoms with van der Waals surface area (Å²) in [6, 6.07) is 0.183. The zero-order chi connectivity index (χ0) is 6.85. The van der Waals surface area contributed by atoms with Crippen LogP contribution in [0.2, 0.25) is 0 Å². The standard InChI is InChI=1S/C7H12N2/c1-5-3-9-4-6(2)7(5)8/h3-5,7H,8H2,1-2H3. The van der Waals surface area contributed by atoms with Crippen LogP contribution in [0.15, 0.2) is 16.8 Å². The van der Waals surface area contributed by atoms with Crippen LogP contribution in [-0.4, -0.2) is 12.3 Å². The summed E-state index contributed by atoms with van der Waals surface area (Å²) in [6.45, 7) is 4.09. The lowest BCUT2D eigenvalue weighted by atomic mass is 9.96. The highest BCUT2D eigenvalue weighted by Gasteiger charge is 2.14. The first kappa shape index (κ1) is 6.49. The van der Waals surface area contributed by atoms with Gasteiger partial charge in [-0.1, -0.05) is 6.92 Å². The molecule has 0 aromatic rings. The summed E-state index contributed by atoms with van der Waals surface area (Å²) in [4.78, 5) is 4.02. The Labute approximate surface area is 55.5 Å². The molecule has 0 amide bonds. The molecule has 0 saturated carbocycles. The maximum absolute atomic E-state index is 5.76. The van der Waals surface area contributed by atoms with E-state index in [2.05, 4.69) is 11.9 Å². The summed E-state index contributed by atoms with van der Waals surface area (Å²) in [7, 11) is 0. The number of hydrogen-bond acceptors (Lipinski definition) is 2. The van der Waals surface area contributed by atoms with Gasteiger partial charge < -0.3 is 5.73 Å². The van der Waals surface area contributed by atoms with E-state index in [1.807, 2.05) is 19.3 Å². The summed E-state index contributed by atoms with van der Waals surface area (Å²) < 4.78 is 0. The summed E-state index contributed by atoms with van der Waals surface area (Å²) in [5.74, 6) is 0.398. The van der Waals surface area contributed by atoms with Crippen LogP contribution in [0, 0.1) is 5.92 Å². The molecule has 2 atom stereocenters.